The molecule has 0 radical (unpaired) electrons. The molecule has 21 heavy (non-hydrogen) atoms. The van der Waals surface area contributed by atoms with E-state index < -0.39 is 23.1 Å². The zero-order chi connectivity index (χ0) is 15.8. The minimum atomic E-state index is -4.43. The minimum absolute atomic E-state index is 0.0838. The SMILES string of the molecule is CC(C)(CC(=O)O)Cc1nc2cc(C(F)(F)F)ccc2o1. The first-order chi connectivity index (χ1) is 9.57. The summed E-state index contributed by atoms with van der Waals surface area (Å²) in [5.74, 6) is -0.717. The molecule has 2 aromatic rings. The number of fused-ring (bicyclic) bond motifs is 1. The molecule has 0 aliphatic carbocycles. The summed E-state index contributed by atoms with van der Waals surface area (Å²) in [6, 6.07) is 3.07. The Morgan fingerprint density at radius 2 is 2.00 bits per heavy atom. The number of hydrogen-bond donors (Lipinski definition) is 1. The number of carbonyl (C=O) groups is 1. The maximum atomic E-state index is 12.6. The van der Waals surface area contributed by atoms with E-state index >= 15 is 0 Å². The number of benzene rings is 1. The second kappa shape index (κ2) is 5.05. The minimum Gasteiger partial charge on any atom is -0.481 e. The molecule has 0 saturated carbocycles. The van der Waals surface area contributed by atoms with Crippen LogP contribution in [0.2, 0.25) is 0 Å². The normalized spacial score (nSPS) is 12.8. The molecule has 0 saturated heterocycles. The Kier molecular flexibility index (Phi) is 3.69. The number of hydrogen-bond acceptors (Lipinski definition) is 3. The van der Waals surface area contributed by atoms with Crippen molar-refractivity contribution in [3.63, 3.8) is 0 Å². The fraction of sp³-hybridized carbons (Fsp3) is 0.429. The number of carboxylic acid groups (broad SMARTS) is 1. The lowest BCUT2D eigenvalue weighted by Gasteiger charge is -2.19. The standard InChI is InChI=1S/C14H14F3NO3/c1-13(2,7-12(19)20)6-11-18-9-5-8(14(15,16)17)3-4-10(9)21-11/h3-5H,6-7H2,1-2H3,(H,19,20). The van der Waals surface area contributed by atoms with E-state index in [0.29, 0.717) is 0 Å². The Bertz CT molecular complexity index is 674. The summed E-state index contributed by atoms with van der Waals surface area (Å²) < 4.78 is 43.2. The average molecular weight is 301 g/mol. The van der Waals surface area contributed by atoms with Crippen molar-refractivity contribution in [1.29, 1.82) is 0 Å². The lowest BCUT2D eigenvalue weighted by atomic mass is 9.86. The maximum Gasteiger partial charge on any atom is 0.416 e. The number of oxazole rings is 1. The van der Waals surface area contributed by atoms with Gasteiger partial charge in [0.05, 0.1) is 12.0 Å². The third-order valence-electron chi connectivity index (χ3n) is 3.02. The lowest BCUT2D eigenvalue weighted by Crippen LogP contribution is -2.19. The molecule has 0 atom stereocenters. The van der Waals surface area contributed by atoms with Crippen LogP contribution in [-0.4, -0.2) is 16.1 Å². The smallest absolute Gasteiger partial charge is 0.416 e. The summed E-state index contributed by atoms with van der Waals surface area (Å²) in [4.78, 5) is 14.8. The Labute approximate surface area is 118 Å². The summed E-state index contributed by atoms with van der Waals surface area (Å²) in [5.41, 5.74) is -1.02. The maximum absolute atomic E-state index is 12.6. The molecule has 1 aromatic carbocycles. The van der Waals surface area contributed by atoms with E-state index in [-0.39, 0.29) is 29.8 Å². The molecule has 7 heteroatoms. The number of rotatable bonds is 4. The van der Waals surface area contributed by atoms with Crippen molar-refractivity contribution in [3.8, 4) is 0 Å². The number of aromatic nitrogens is 1. The van der Waals surface area contributed by atoms with Gasteiger partial charge in [0, 0.05) is 6.42 Å². The molecule has 0 aliphatic rings. The molecule has 114 valence electrons. The molecule has 0 spiro atoms. The van der Waals surface area contributed by atoms with Gasteiger partial charge in [0.15, 0.2) is 11.5 Å². The van der Waals surface area contributed by atoms with Crippen LogP contribution in [0.1, 0.15) is 31.7 Å². The van der Waals surface area contributed by atoms with Crippen molar-refractivity contribution in [1.82, 2.24) is 4.98 Å². The van der Waals surface area contributed by atoms with Crippen LogP contribution in [0.4, 0.5) is 13.2 Å². The van der Waals surface area contributed by atoms with Gasteiger partial charge < -0.3 is 9.52 Å². The molecule has 0 unspecified atom stereocenters. The second-order valence-electron chi connectivity index (χ2n) is 5.70. The van der Waals surface area contributed by atoms with Gasteiger partial charge >= 0.3 is 12.1 Å². The average Bonchev–Trinajstić information content (AvgIpc) is 2.65. The van der Waals surface area contributed by atoms with E-state index in [9.17, 15) is 18.0 Å². The highest BCUT2D eigenvalue weighted by molar-refractivity contribution is 5.73. The van der Waals surface area contributed by atoms with Gasteiger partial charge in [0.25, 0.3) is 0 Å². The number of carboxylic acids is 1. The van der Waals surface area contributed by atoms with Gasteiger partial charge in [-0.1, -0.05) is 13.8 Å². The molecular formula is C14H14F3NO3. The van der Waals surface area contributed by atoms with Crippen molar-refractivity contribution < 1.29 is 27.5 Å². The summed E-state index contributed by atoms with van der Waals surface area (Å²) >= 11 is 0. The summed E-state index contributed by atoms with van der Waals surface area (Å²) in [5, 5.41) is 8.82. The Morgan fingerprint density at radius 3 is 2.57 bits per heavy atom. The van der Waals surface area contributed by atoms with Gasteiger partial charge in [-0.25, -0.2) is 4.98 Å². The first kappa shape index (κ1) is 15.3. The highest BCUT2D eigenvalue weighted by Crippen LogP contribution is 2.32. The predicted octanol–water partition coefficient (Wildman–Crippen LogP) is 3.89. The monoisotopic (exact) mass is 301 g/mol. The van der Waals surface area contributed by atoms with E-state index in [4.69, 9.17) is 9.52 Å². The van der Waals surface area contributed by atoms with Gasteiger partial charge in [-0.05, 0) is 23.6 Å². The molecule has 1 N–H and O–H groups in total. The van der Waals surface area contributed by atoms with E-state index in [2.05, 4.69) is 4.98 Å². The van der Waals surface area contributed by atoms with Crippen LogP contribution in [0.5, 0.6) is 0 Å². The van der Waals surface area contributed by atoms with Crippen molar-refractivity contribution in [2.75, 3.05) is 0 Å². The number of nitrogens with zero attached hydrogens (tertiary/aromatic N) is 1. The highest BCUT2D eigenvalue weighted by Gasteiger charge is 2.31. The zero-order valence-electron chi connectivity index (χ0n) is 11.5. The summed E-state index contributed by atoms with van der Waals surface area (Å²) in [6.45, 7) is 3.47. The first-order valence-corrected chi connectivity index (χ1v) is 6.25. The number of aliphatic carboxylic acids is 1. The van der Waals surface area contributed by atoms with Gasteiger partial charge in [0.2, 0.25) is 0 Å². The zero-order valence-corrected chi connectivity index (χ0v) is 11.5. The molecule has 0 bridgehead atoms. The lowest BCUT2D eigenvalue weighted by molar-refractivity contribution is -0.139. The largest absolute Gasteiger partial charge is 0.481 e. The van der Waals surface area contributed by atoms with E-state index in [0.717, 1.165) is 12.1 Å². The Morgan fingerprint density at radius 1 is 1.33 bits per heavy atom. The molecule has 1 heterocycles. The molecule has 2 rings (SSSR count). The fourth-order valence-corrected chi connectivity index (χ4v) is 2.11. The van der Waals surface area contributed by atoms with Crippen LogP contribution in [-0.2, 0) is 17.4 Å². The van der Waals surface area contributed by atoms with Gasteiger partial charge in [-0.2, -0.15) is 13.2 Å². The highest BCUT2D eigenvalue weighted by atomic mass is 19.4. The van der Waals surface area contributed by atoms with Gasteiger partial charge in [-0.3, -0.25) is 4.79 Å². The third-order valence-corrected chi connectivity index (χ3v) is 3.02. The van der Waals surface area contributed by atoms with Gasteiger partial charge in [0.1, 0.15) is 5.52 Å². The van der Waals surface area contributed by atoms with Crippen LogP contribution in [0.15, 0.2) is 22.6 Å². The van der Waals surface area contributed by atoms with E-state index in [1.807, 2.05) is 0 Å². The van der Waals surface area contributed by atoms with Gasteiger partial charge in [-0.15, -0.1) is 0 Å². The second-order valence-corrected chi connectivity index (χ2v) is 5.70. The topological polar surface area (TPSA) is 63.3 Å². The van der Waals surface area contributed by atoms with E-state index in [1.54, 1.807) is 13.8 Å². The van der Waals surface area contributed by atoms with Crippen molar-refractivity contribution in [2.45, 2.75) is 32.9 Å². The molecule has 4 nitrogen and oxygen atoms in total. The van der Waals surface area contributed by atoms with Crippen LogP contribution in [0, 0.1) is 5.41 Å². The predicted molar refractivity (Wildman–Crippen MR) is 68.7 cm³/mol. The van der Waals surface area contributed by atoms with Crippen molar-refractivity contribution in [2.24, 2.45) is 5.41 Å². The molecular weight excluding hydrogens is 287 g/mol. The van der Waals surface area contributed by atoms with Crippen LogP contribution < -0.4 is 0 Å². The van der Waals surface area contributed by atoms with Crippen molar-refractivity contribution in [3.05, 3.63) is 29.7 Å². The number of alkyl halides is 3. The van der Waals surface area contributed by atoms with Crippen LogP contribution in [0.25, 0.3) is 11.1 Å². The van der Waals surface area contributed by atoms with Crippen LogP contribution >= 0.6 is 0 Å². The summed E-state index contributed by atoms with van der Waals surface area (Å²) in [6.07, 6.45) is -4.29. The molecule has 0 aliphatic heterocycles. The summed E-state index contributed by atoms with van der Waals surface area (Å²) in [7, 11) is 0. The fourth-order valence-electron chi connectivity index (χ4n) is 2.11. The molecule has 1 aromatic heterocycles. The number of halogens is 3. The quantitative estimate of drug-likeness (QED) is 0.930. The van der Waals surface area contributed by atoms with Crippen molar-refractivity contribution >= 4 is 17.1 Å². The van der Waals surface area contributed by atoms with Crippen LogP contribution in [0.3, 0.4) is 0 Å². The Hall–Kier alpha value is -2.05. The Balaban J connectivity index is 2.29. The first-order valence-electron chi connectivity index (χ1n) is 6.25. The molecule has 0 amide bonds. The molecule has 0 fully saturated rings. The third kappa shape index (κ3) is 3.74. The van der Waals surface area contributed by atoms with E-state index in [1.165, 1.54) is 6.07 Å².